The van der Waals surface area contributed by atoms with E-state index in [0.717, 1.165) is 13.2 Å². The van der Waals surface area contributed by atoms with E-state index in [2.05, 4.69) is 15.0 Å². The van der Waals surface area contributed by atoms with Gasteiger partial charge in [-0.25, -0.2) is 10.3 Å². The van der Waals surface area contributed by atoms with Gasteiger partial charge in [0.15, 0.2) is 0 Å². The van der Waals surface area contributed by atoms with Crippen molar-refractivity contribution in [2.45, 2.75) is 45.0 Å². The van der Waals surface area contributed by atoms with Crippen molar-refractivity contribution >= 4 is 35.5 Å². The topological polar surface area (TPSA) is 135 Å². The molecule has 1 aromatic carbocycles. The van der Waals surface area contributed by atoms with Gasteiger partial charge in [-0.05, 0) is 50.0 Å². The average Bonchev–Trinajstić information content (AvgIpc) is 2.77. The molecule has 1 amide bonds. The molecule has 0 radical (unpaired) electrons. The van der Waals surface area contributed by atoms with Crippen molar-refractivity contribution in [3.8, 4) is 5.75 Å². The van der Waals surface area contributed by atoms with Crippen LogP contribution >= 0.6 is 11.6 Å². The molecule has 2 rings (SSSR count). The van der Waals surface area contributed by atoms with Crippen LogP contribution < -0.4 is 21.3 Å². The van der Waals surface area contributed by atoms with Gasteiger partial charge in [0, 0.05) is 17.1 Å². The third kappa shape index (κ3) is 6.29. The molecule has 0 unspecified atom stereocenters. The first-order valence-corrected chi connectivity index (χ1v) is 10.1. The van der Waals surface area contributed by atoms with E-state index in [1.165, 1.54) is 6.07 Å². The van der Waals surface area contributed by atoms with Gasteiger partial charge in [0.25, 0.3) is 5.91 Å². The number of carbonyl (C=O) groups excluding carboxylic acids is 2. The number of nitrogens with one attached hydrogen (secondary N) is 2. The molecule has 9 nitrogen and oxygen atoms in total. The van der Waals surface area contributed by atoms with Crippen LogP contribution in [0.15, 0.2) is 16.6 Å². The molecule has 0 aliphatic carbocycles. The number of ether oxygens (including phenoxy) is 2. The second kappa shape index (κ2) is 10.8. The predicted molar refractivity (Wildman–Crippen MR) is 114 cm³/mol. The molecule has 5 N–H and O–H groups in total. The Labute approximate surface area is 192 Å². The average molecular weight is 493 g/mol. The summed E-state index contributed by atoms with van der Waals surface area (Å²) in [6, 6.07) is 0.124. The quantitative estimate of drug-likeness (QED) is 0.151. The van der Waals surface area contributed by atoms with Crippen molar-refractivity contribution in [3.63, 3.8) is 0 Å². The van der Waals surface area contributed by atoms with Gasteiger partial charge in [-0.1, -0.05) is 11.6 Å². The fourth-order valence-corrected chi connectivity index (χ4v) is 3.38. The number of nitrogens with zero attached hydrogens (tertiary/aromatic N) is 1. The van der Waals surface area contributed by atoms with Crippen molar-refractivity contribution in [2.75, 3.05) is 13.7 Å². The zero-order chi connectivity index (χ0) is 24.9. The predicted octanol–water partition coefficient (Wildman–Crippen LogP) is 2.40. The summed E-state index contributed by atoms with van der Waals surface area (Å²) in [5.41, 5.74) is 7.40. The number of guanidine groups is 1. The lowest BCUT2D eigenvalue weighted by molar-refractivity contribution is -0.185. The van der Waals surface area contributed by atoms with Gasteiger partial charge in [0.05, 0.1) is 12.7 Å². The van der Waals surface area contributed by atoms with Crippen LogP contribution in [0.2, 0.25) is 5.02 Å². The molecule has 1 heterocycles. The number of hydrogen-bond donors (Lipinski definition) is 4. The van der Waals surface area contributed by atoms with E-state index in [1.54, 1.807) is 19.3 Å². The summed E-state index contributed by atoms with van der Waals surface area (Å²) in [6.07, 6.45) is -6.17. The van der Waals surface area contributed by atoms with Crippen LogP contribution in [0, 0.1) is 13.8 Å². The zero-order valence-corrected chi connectivity index (χ0v) is 18.8. The van der Waals surface area contributed by atoms with Crippen molar-refractivity contribution in [1.29, 1.82) is 0 Å². The Kier molecular flexibility index (Phi) is 8.56. The second-order valence-electron chi connectivity index (χ2n) is 7.25. The zero-order valence-electron chi connectivity index (χ0n) is 18.0. The Balaban J connectivity index is 2.34. The first-order chi connectivity index (χ1) is 15.4. The van der Waals surface area contributed by atoms with E-state index in [0.29, 0.717) is 16.1 Å². The number of fused-ring (bicyclic) bond motifs is 1. The van der Waals surface area contributed by atoms with E-state index < -0.39 is 35.8 Å². The lowest BCUT2D eigenvalue weighted by Crippen LogP contribution is -2.48. The van der Waals surface area contributed by atoms with Crippen LogP contribution in [0.4, 0.5) is 13.2 Å². The smallest absolute Gasteiger partial charge is 0.429 e. The molecule has 1 aromatic rings. The van der Waals surface area contributed by atoms with Crippen molar-refractivity contribution in [1.82, 2.24) is 10.8 Å². The highest BCUT2D eigenvalue weighted by Gasteiger charge is 2.49. The number of aliphatic imine (C=N–C) groups is 1. The van der Waals surface area contributed by atoms with Crippen molar-refractivity contribution < 1.29 is 37.4 Å². The summed E-state index contributed by atoms with van der Waals surface area (Å²) < 4.78 is 51.0. The van der Waals surface area contributed by atoms with Crippen molar-refractivity contribution in [2.24, 2.45) is 10.7 Å². The molecule has 1 aliphatic rings. The third-order valence-corrected chi connectivity index (χ3v) is 5.50. The molecule has 0 spiro atoms. The molecule has 33 heavy (non-hydrogen) atoms. The van der Waals surface area contributed by atoms with Gasteiger partial charge in [-0.2, -0.15) is 13.2 Å². The minimum Gasteiger partial charge on any atom is -0.475 e. The maximum atomic E-state index is 13.7. The summed E-state index contributed by atoms with van der Waals surface area (Å²) in [5.74, 6) is -2.30. The fourth-order valence-electron chi connectivity index (χ4n) is 3.23. The van der Waals surface area contributed by atoms with Crippen LogP contribution in [0.5, 0.6) is 5.75 Å². The molecular formula is C20H24ClF3N4O5. The lowest BCUT2D eigenvalue weighted by atomic mass is 9.95. The molecule has 1 aliphatic heterocycles. The van der Waals surface area contributed by atoms with Crippen LogP contribution in [0.1, 0.15) is 29.5 Å². The Morgan fingerprint density at radius 2 is 2.06 bits per heavy atom. The Hall–Kier alpha value is -2.99. The largest absolute Gasteiger partial charge is 0.475 e. The number of esters is 1. The molecule has 0 fully saturated rings. The molecule has 13 heteroatoms. The summed E-state index contributed by atoms with van der Waals surface area (Å²) in [6.45, 7) is 3.30. The molecule has 0 bridgehead atoms. The van der Waals surface area contributed by atoms with Gasteiger partial charge in [0.2, 0.25) is 12.1 Å². The highest BCUT2D eigenvalue weighted by Crippen LogP contribution is 2.41. The number of hydroxylamine groups is 1. The number of nitrogens with two attached hydrogens (primary N) is 1. The number of hydrogen-bond acceptors (Lipinski definition) is 6. The van der Waals surface area contributed by atoms with E-state index in [9.17, 15) is 22.8 Å². The molecule has 0 saturated carbocycles. The first kappa shape index (κ1) is 26.3. The maximum absolute atomic E-state index is 13.7. The van der Waals surface area contributed by atoms with E-state index in [-0.39, 0.29) is 36.7 Å². The van der Waals surface area contributed by atoms with Gasteiger partial charge >= 0.3 is 12.1 Å². The number of rotatable bonds is 7. The standard InChI is InChI=1S/C20H24ClF3N4O5/c1-9-7-14-11(10(2)15(9)21)8-12(16(33-14)20(22,23)24)17(29)27-13(18(30)32-3)5-4-6-26-19(25)28-31/h7-8,13,16,31H,4-6H2,1-3H3,(H,27,29)(H3,25,26,28)/t13-,16-/m0/s1. The monoisotopic (exact) mass is 492 g/mol. The van der Waals surface area contributed by atoms with Crippen molar-refractivity contribution in [3.05, 3.63) is 33.4 Å². The van der Waals surface area contributed by atoms with Crippen LogP contribution in [-0.2, 0) is 14.3 Å². The van der Waals surface area contributed by atoms with Crippen LogP contribution in [0.25, 0.3) is 6.08 Å². The van der Waals surface area contributed by atoms with Gasteiger partial charge < -0.3 is 20.5 Å². The van der Waals surface area contributed by atoms with Gasteiger partial charge in [-0.3, -0.25) is 15.0 Å². The molecule has 0 aromatic heterocycles. The Morgan fingerprint density at radius 3 is 2.64 bits per heavy atom. The number of halogens is 4. The van der Waals surface area contributed by atoms with Crippen LogP contribution in [0.3, 0.4) is 0 Å². The summed E-state index contributed by atoms with van der Waals surface area (Å²) in [4.78, 5) is 28.7. The normalized spacial score (nSPS) is 16.8. The van der Waals surface area contributed by atoms with Gasteiger partial charge in [0.1, 0.15) is 11.8 Å². The second-order valence-corrected chi connectivity index (χ2v) is 7.63. The van der Waals surface area contributed by atoms with Crippen LogP contribution in [-0.4, -0.2) is 55.0 Å². The molecule has 2 atom stereocenters. The molecule has 0 saturated heterocycles. The molecular weight excluding hydrogens is 469 g/mol. The third-order valence-electron chi connectivity index (χ3n) is 4.92. The number of aryl methyl sites for hydroxylation is 1. The van der Waals surface area contributed by atoms with E-state index >= 15 is 0 Å². The van der Waals surface area contributed by atoms with E-state index in [1.807, 2.05) is 0 Å². The Morgan fingerprint density at radius 1 is 1.39 bits per heavy atom. The van der Waals surface area contributed by atoms with Gasteiger partial charge in [-0.15, -0.1) is 0 Å². The number of benzene rings is 1. The highest BCUT2D eigenvalue weighted by molar-refractivity contribution is 6.32. The SMILES string of the molecule is COC(=O)[C@H](CCCN=C(N)NO)NC(=O)C1=Cc2c(cc(C)c(Cl)c2C)O[C@@H]1C(F)(F)F. The first-order valence-electron chi connectivity index (χ1n) is 9.74. The summed E-state index contributed by atoms with van der Waals surface area (Å²) in [5, 5.41) is 11.2. The number of carbonyl (C=O) groups is 2. The number of amides is 1. The summed E-state index contributed by atoms with van der Waals surface area (Å²) >= 11 is 6.21. The minimum absolute atomic E-state index is 0.00786. The summed E-state index contributed by atoms with van der Waals surface area (Å²) in [7, 11) is 1.08. The molecule has 182 valence electrons. The lowest BCUT2D eigenvalue weighted by Gasteiger charge is -2.30. The fraction of sp³-hybridized carbons (Fsp3) is 0.450. The number of alkyl halides is 3. The Bertz CT molecular complexity index is 981. The van der Waals surface area contributed by atoms with E-state index in [4.69, 9.17) is 27.3 Å². The minimum atomic E-state index is -4.90. The highest BCUT2D eigenvalue weighted by atomic mass is 35.5. The number of methoxy groups -OCH3 is 1. The maximum Gasteiger partial charge on any atom is 0.429 e.